The van der Waals surface area contributed by atoms with Crippen molar-refractivity contribution in [1.82, 2.24) is 15.2 Å². The molecule has 3 heterocycles. The van der Waals surface area contributed by atoms with E-state index in [4.69, 9.17) is 5.73 Å². The molecule has 5 N–H and O–H groups in total. The van der Waals surface area contributed by atoms with Gasteiger partial charge in [-0.2, -0.15) is 0 Å². The number of H-pyrrole nitrogens is 1. The molecule has 2 aliphatic heterocycles. The molecule has 2 fully saturated rings. The molecule has 136 valence electrons. The van der Waals surface area contributed by atoms with Crippen molar-refractivity contribution in [3.8, 4) is 0 Å². The summed E-state index contributed by atoms with van der Waals surface area (Å²) in [5.74, 6) is 1.05. The lowest BCUT2D eigenvalue weighted by molar-refractivity contribution is 0.0427. The molecule has 25 heavy (non-hydrogen) atoms. The highest BCUT2D eigenvalue weighted by Gasteiger charge is 2.27. The molecule has 5 nitrogen and oxygen atoms in total. The fraction of sp³-hybridized carbons (Fsp3) is 0.600. The van der Waals surface area contributed by atoms with Crippen molar-refractivity contribution in [1.29, 1.82) is 0 Å². The number of nitrogens with two attached hydrogens (primary N) is 1. The summed E-state index contributed by atoms with van der Waals surface area (Å²) in [5, 5.41) is 15.2. The molecule has 1 aromatic carbocycles. The van der Waals surface area contributed by atoms with E-state index in [2.05, 4.69) is 33.5 Å². The second kappa shape index (κ2) is 7.36. The van der Waals surface area contributed by atoms with Gasteiger partial charge in [0.05, 0.1) is 6.10 Å². The molecule has 1 atom stereocenters. The van der Waals surface area contributed by atoms with Gasteiger partial charge in [0.2, 0.25) is 0 Å². The van der Waals surface area contributed by atoms with Gasteiger partial charge in [0, 0.05) is 29.3 Å². The van der Waals surface area contributed by atoms with Gasteiger partial charge in [-0.1, -0.05) is 0 Å². The third kappa shape index (κ3) is 3.68. The molecule has 1 unspecified atom stereocenters. The van der Waals surface area contributed by atoms with Crippen LogP contribution in [0.3, 0.4) is 0 Å². The number of anilines is 1. The number of nitrogens with zero attached hydrogens (tertiary/aromatic N) is 1. The number of likely N-dealkylation sites (tertiary alicyclic amines) is 1. The van der Waals surface area contributed by atoms with E-state index in [1.165, 1.54) is 16.5 Å². The smallest absolute Gasteiger partial charge is 0.0696 e. The molecule has 0 saturated carbocycles. The van der Waals surface area contributed by atoms with E-state index in [-0.39, 0.29) is 6.10 Å². The Labute approximate surface area is 149 Å². The van der Waals surface area contributed by atoms with E-state index in [9.17, 15) is 5.11 Å². The van der Waals surface area contributed by atoms with Gasteiger partial charge >= 0.3 is 0 Å². The van der Waals surface area contributed by atoms with Crippen LogP contribution in [0.25, 0.3) is 10.9 Å². The Kier molecular flexibility index (Phi) is 4.97. The molecule has 4 rings (SSSR count). The zero-order valence-corrected chi connectivity index (χ0v) is 14.9. The van der Waals surface area contributed by atoms with E-state index in [0.29, 0.717) is 11.8 Å². The first-order valence-electron chi connectivity index (χ1n) is 9.68. The Morgan fingerprint density at radius 3 is 2.68 bits per heavy atom. The zero-order valence-electron chi connectivity index (χ0n) is 14.9. The number of nitrogen functional groups attached to an aromatic ring is 1. The number of benzene rings is 1. The van der Waals surface area contributed by atoms with Gasteiger partial charge in [-0.15, -0.1) is 0 Å². The van der Waals surface area contributed by atoms with E-state index >= 15 is 0 Å². The molecule has 2 aliphatic rings. The minimum absolute atomic E-state index is 0.175. The Bertz CT molecular complexity index is 699. The summed E-state index contributed by atoms with van der Waals surface area (Å²) < 4.78 is 0. The van der Waals surface area contributed by atoms with Crippen LogP contribution in [0.1, 0.15) is 37.2 Å². The van der Waals surface area contributed by atoms with Gasteiger partial charge in [0.15, 0.2) is 0 Å². The number of rotatable bonds is 4. The summed E-state index contributed by atoms with van der Waals surface area (Å²) in [5.41, 5.74) is 9.38. The molecular formula is C20H30N4O. The fourth-order valence-corrected chi connectivity index (χ4v) is 4.57. The van der Waals surface area contributed by atoms with E-state index in [0.717, 1.165) is 64.1 Å². The molecule has 0 aliphatic carbocycles. The average Bonchev–Trinajstić information content (AvgIpc) is 3.06. The standard InChI is InChI=1S/C20H30N4O/c21-16-1-2-19-17(11-16)18(12-23-19)14-5-9-24(10-6-14)13-20(25)15-3-7-22-8-4-15/h1-2,11-12,14-15,20,22-23,25H,3-10,13,21H2. The number of β-amino-alcohol motifs (C(OH)–C–C–N with tert-alkyl or cyclic N) is 1. The highest BCUT2D eigenvalue weighted by Crippen LogP contribution is 2.34. The summed E-state index contributed by atoms with van der Waals surface area (Å²) in [6.07, 6.45) is 6.50. The van der Waals surface area contributed by atoms with Crippen LogP contribution in [0.5, 0.6) is 0 Å². The van der Waals surface area contributed by atoms with Crippen LogP contribution in [0.15, 0.2) is 24.4 Å². The quantitative estimate of drug-likeness (QED) is 0.643. The first-order valence-corrected chi connectivity index (χ1v) is 9.68. The van der Waals surface area contributed by atoms with Gasteiger partial charge in [-0.3, -0.25) is 0 Å². The van der Waals surface area contributed by atoms with Crippen LogP contribution < -0.4 is 11.1 Å². The molecule has 2 aromatic rings. The second-order valence-electron chi connectivity index (χ2n) is 7.78. The highest BCUT2D eigenvalue weighted by atomic mass is 16.3. The molecule has 0 spiro atoms. The molecule has 0 radical (unpaired) electrons. The van der Waals surface area contributed by atoms with Crippen LogP contribution in [-0.4, -0.2) is 53.8 Å². The maximum absolute atomic E-state index is 10.6. The first kappa shape index (κ1) is 16.9. The Hall–Kier alpha value is -1.56. The predicted molar refractivity (Wildman–Crippen MR) is 103 cm³/mol. The van der Waals surface area contributed by atoms with Crippen molar-refractivity contribution >= 4 is 16.6 Å². The van der Waals surface area contributed by atoms with E-state index < -0.39 is 0 Å². The average molecular weight is 342 g/mol. The minimum atomic E-state index is -0.175. The molecular weight excluding hydrogens is 312 g/mol. The summed E-state index contributed by atoms with van der Waals surface area (Å²) in [4.78, 5) is 5.83. The molecule has 5 heteroatoms. The predicted octanol–water partition coefficient (Wildman–Crippen LogP) is 2.29. The normalized spacial score (nSPS) is 22.4. The van der Waals surface area contributed by atoms with Crippen molar-refractivity contribution in [2.75, 3.05) is 38.5 Å². The monoisotopic (exact) mass is 342 g/mol. The number of fused-ring (bicyclic) bond motifs is 1. The number of aromatic nitrogens is 1. The van der Waals surface area contributed by atoms with Crippen LogP contribution in [-0.2, 0) is 0 Å². The molecule has 2 saturated heterocycles. The summed E-state index contributed by atoms with van der Waals surface area (Å²) in [7, 11) is 0. The Morgan fingerprint density at radius 1 is 1.16 bits per heavy atom. The number of aliphatic hydroxyl groups is 1. The highest BCUT2D eigenvalue weighted by molar-refractivity contribution is 5.86. The minimum Gasteiger partial charge on any atom is -0.399 e. The maximum atomic E-state index is 10.6. The zero-order chi connectivity index (χ0) is 17.2. The third-order valence-electron chi connectivity index (χ3n) is 6.14. The van der Waals surface area contributed by atoms with E-state index in [1.807, 2.05) is 6.07 Å². The van der Waals surface area contributed by atoms with Crippen LogP contribution in [0.4, 0.5) is 5.69 Å². The van der Waals surface area contributed by atoms with E-state index in [1.54, 1.807) is 0 Å². The summed E-state index contributed by atoms with van der Waals surface area (Å²) >= 11 is 0. The third-order valence-corrected chi connectivity index (χ3v) is 6.14. The SMILES string of the molecule is Nc1ccc2[nH]cc(C3CCN(CC(O)C4CCNCC4)CC3)c2c1. The first-order chi connectivity index (χ1) is 12.2. The van der Waals surface area contributed by atoms with Crippen LogP contribution in [0.2, 0.25) is 0 Å². The number of hydrogen-bond acceptors (Lipinski definition) is 4. The van der Waals surface area contributed by atoms with Gasteiger partial charge in [-0.05, 0) is 87.5 Å². The van der Waals surface area contributed by atoms with Crippen molar-refractivity contribution < 1.29 is 5.11 Å². The topological polar surface area (TPSA) is 77.3 Å². The van der Waals surface area contributed by atoms with Crippen molar-refractivity contribution in [2.45, 2.75) is 37.7 Å². The van der Waals surface area contributed by atoms with Crippen molar-refractivity contribution in [3.05, 3.63) is 30.0 Å². The Morgan fingerprint density at radius 2 is 1.92 bits per heavy atom. The Balaban J connectivity index is 1.35. The largest absolute Gasteiger partial charge is 0.399 e. The lowest BCUT2D eigenvalue weighted by atomic mass is 9.88. The van der Waals surface area contributed by atoms with Crippen molar-refractivity contribution in [3.63, 3.8) is 0 Å². The number of aliphatic hydroxyl groups excluding tert-OH is 1. The maximum Gasteiger partial charge on any atom is 0.0696 e. The van der Waals surface area contributed by atoms with Gasteiger partial charge in [0.25, 0.3) is 0 Å². The summed E-state index contributed by atoms with van der Waals surface area (Å²) in [6, 6.07) is 6.11. The summed E-state index contributed by atoms with van der Waals surface area (Å²) in [6.45, 7) is 5.07. The molecule has 0 bridgehead atoms. The lowest BCUT2D eigenvalue weighted by Crippen LogP contribution is -2.43. The van der Waals surface area contributed by atoms with Crippen LogP contribution in [0, 0.1) is 5.92 Å². The number of piperidine rings is 2. The number of nitrogens with one attached hydrogen (secondary N) is 2. The van der Waals surface area contributed by atoms with Gasteiger partial charge < -0.3 is 26.0 Å². The van der Waals surface area contributed by atoms with Gasteiger partial charge in [-0.25, -0.2) is 0 Å². The number of aromatic amines is 1. The molecule has 0 amide bonds. The van der Waals surface area contributed by atoms with Crippen molar-refractivity contribution in [2.24, 2.45) is 5.92 Å². The number of hydrogen-bond donors (Lipinski definition) is 4. The molecule has 1 aromatic heterocycles. The second-order valence-corrected chi connectivity index (χ2v) is 7.78. The fourth-order valence-electron chi connectivity index (χ4n) is 4.57. The lowest BCUT2D eigenvalue weighted by Gasteiger charge is -2.36. The van der Waals surface area contributed by atoms with Gasteiger partial charge in [0.1, 0.15) is 0 Å². The van der Waals surface area contributed by atoms with Crippen LogP contribution >= 0.6 is 0 Å².